The van der Waals surface area contributed by atoms with Crippen molar-refractivity contribution in [3.63, 3.8) is 0 Å². The molecular weight excluding hydrogens is 300 g/mol. The Hall–Kier alpha value is -1.85. The molecule has 0 aliphatic carbocycles. The molecule has 2 aliphatic heterocycles. The molecule has 0 aromatic carbocycles. The van der Waals surface area contributed by atoms with Crippen LogP contribution in [0.3, 0.4) is 0 Å². The molecule has 0 bridgehead atoms. The summed E-state index contributed by atoms with van der Waals surface area (Å²) < 4.78 is 0. The number of amides is 1. The molecular formula is C16H17ClN4O. The van der Waals surface area contributed by atoms with Crippen LogP contribution >= 0.6 is 11.6 Å². The van der Waals surface area contributed by atoms with E-state index in [1.165, 1.54) is 0 Å². The molecule has 22 heavy (non-hydrogen) atoms. The highest BCUT2D eigenvalue weighted by Crippen LogP contribution is 2.37. The van der Waals surface area contributed by atoms with Crippen molar-refractivity contribution in [3.05, 3.63) is 40.8 Å². The van der Waals surface area contributed by atoms with Crippen LogP contribution in [0.25, 0.3) is 11.3 Å². The lowest BCUT2D eigenvalue weighted by Crippen LogP contribution is -2.54. The van der Waals surface area contributed by atoms with Crippen molar-refractivity contribution in [3.8, 4) is 11.3 Å². The Morgan fingerprint density at radius 1 is 1.27 bits per heavy atom. The lowest BCUT2D eigenvalue weighted by atomic mass is 9.74. The molecule has 1 saturated heterocycles. The number of carbonyl (C=O) groups is 1. The second kappa shape index (κ2) is 5.11. The van der Waals surface area contributed by atoms with Crippen LogP contribution in [0.4, 0.5) is 0 Å². The zero-order valence-electron chi connectivity index (χ0n) is 12.1. The number of pyridine rings is 1. The highest BCUT2D eigenvalue weighted by atomic mass is 35.5. The van der Waals surface area contributed by atoms with Gasteiger partial charge in [0.05, 0.1) is 5.56 Å². The number of rotatable bonds is 1. The molecule has 0 saturated carbocycles. The van der Waals surface area contributed by atoms with Crippen LogP contribution in [0.5, 0.6) is 0 Å². The van der Waals surface area contributed by atoms with Crippen LogP contribution in [0, 0.1) is 0 Å². The summed E-state index contributed by atoms with van der Waals surface area (Å²) in [6.45, 7) is 2.61. The number of nitrogens with zero attached hydrogens (tertiary/aromatic N) is 1. The SMILES string of the molecule is O=C1NCC2(CCCNC2)c2[nH]c(-c3ccnc(Cl)c3)cc21. The molecule has 1 spiro atoms. The van der Waals surface area contributed by atoms with Crippen molar-refractivity contribution < 1.29 is 4.79 Å². The van der Waals surface area contributed by atoms with Crippen molar-refractivity contribution in [1.29, 1.82) is 0 Å². The highest BCUT2D eigenvalue weighted by Gasteiger charge is 2.42. The van der Waals surface area contributed by atoms with Crippen LogP contribution in [0.15, 0.2) is 24.4 Å². The van der Waals surface area contributed by atoms with E-state index in [0.29, 0.717) is 11.7 Å². The average Bonchev–Trinajstić information content (AvgIpc) is 2.99. The molecule has 2 aliphatic rings. The second-order valence-corrected chi connectivity index (χ2v) is 6.47. The third-order valence-electron chi connectivity index (χ3n) is 4.69. The third-order valence-corrected chi connectivity index (χ3v) is 4.90. The number of hydrogen-bond acceptors (Lipinski definition) is 3. The minimum absolute atomic E-state index is 0.00569. The van der Waals surface area contributed by atoms with Crippen LogP contribution in [0.1, 0.15) is 28.9 Å². The predicted octanol–water partition coefficient (Wildman–Crippen LogP) is 2.09. The van der Waals surface area contributed by atoms with Gasteiger partial charge in [-0.25, -0.2) is 4.98 Å². The Balaban J connectivity index is 1.82. The largest absolute Gasteiger partial charge is 0.357 e. The molecule has 4 rings (SSSR count). The van der Waals surface area contributed by atoms with Gasteiger partial charge >= 0.3 is 0 Å². The van der Waals surface area contributed by atoms with Gasteiger partial charge in [-0.05, 0) is 37.6 Å². The number of fused-ring (bicyclic) bond motifs is 2. The maximum atomic E-state index is 12.2. The first-order valence-electron chi connectivity index (χ1n) is 7.52. The lowest BCUT2D eigenvalue weighted by Gasteiger charge is -2.40. The molecule has 0 radical (unpaired) electrons. The predicted molar refractivity (Wildman–Crippen MR) is 85.1 cm³/mol. The van der Waals surface area contributed by atoms with Gasteiger partial charge in [-0.3, -0.25) is 4.79 Å². The molecule has 1 amide bonds. The number of aromatic amines is 1. The van der Waals surface area contributed by atoms with Gasteiger partial charge in [0.15, 0.2) is 0 Å². The van der Waals surface area contributed by atoms with Crippen LogP contribution in [-0.4, -0.2) is 35.5 Å². The van der Waals surface area contributed by atoms with Crippen molar-refractivity contribution in [2.45, 2.75) is 18.3 Å². The van der Waals surface area contributed by atoms with Gasteiger partial charge in [-0.15, -0.1) is 0 Å². The zero-order chi connectivity index (χ0) is 15.2. The van der Waals surface area contributed by atoms with Crippen molar-refractivity contribution in [2.24, 2.45) is 0 Å². The Morgan fingerprint density at radius 2 is 2.18 bits per heavy atom. The number of halogens is 1. The zero-order valence-corrected chi connectivity index (χ0v) is 12.8. The van der Waals surface area contributed by atoms with Crippen LogP contribution in [-0.2, 0) is 5.41 Å². The van der Waals surface area contributed by atoms with E-state index >= 15 is 0 Å². The first-order chi connectivity index (χ1) is 10.7. The van der Waals surface area contributed by atoms with Gasteiger partial charge < -0.3 is 15.6 Å². The summed E-state index contributed by atoms with van der Waals surface area (Å²) in [5.41, 5.74) is 3.62. The van der Waals surface area contributed by atoms with E-state index < -0.39 is 0 Å². The standard InChI is InChI=1S/C16H17ClN4O/c17-13-6-10(2-5-19-13)12-7-11-14(21-12)16(9-20-15(11)22)3-1-4-18-8-16/h2,5-7,18,21H,1,3-4,8-9H2,(H,20,22). The molecule has 2 aromatic heterocycles. The van der Waals surface area contributed by atoms with Gasteiger partial charge in [0.25, 0.3) is 5.91 Å². The molecule has 6 heteroatoms. The number of nitrogens with one attached hydrogen (secondary N) is 3. The van der Waals surface area contributed by atoms with Gasteiger partial charge in [0.2, 0.25) is 0 Å². The van der Waals surface area contributed by atoms with Crippen LogP contribution < -0.4 is 10.6 Å². The number of carbonyl (C=O) groups excluding carboxylic acids is 1. The number of H-pyrrole nitrogens is 1. The highest BCUT2D eigenvalue weighted by molar-refractivity contribution is 6.29. The molecule has 1 fully saturated rings. The summed E-state index contributed by atoms with van der Waals surface area (Å²) in [4.78, 5) is 19.7. The van der Waals surface area contributed by atoms with Gasteiger partial charge in [-0.2, -0.15) is 0 Å². The quantitative estimate of drug-likeness (QED) is 0.706. The van der Waals surface area contributed by atoms with Crippen molar-refractivity contribution in [1.82, 2.24) is 20.6 Å². The summed E-state index contributed by atoms with van der Waals surface area (Å²) in [6.07, 6.45) is 3.87. The van der Waals surface area contributed by atoms with E-state index in [0.717, 1.165) is 48.4 Å². The normalized spacial score (nSPS) is 24.1. The van der Waals surface area contributed by atoms with E-state index in [1.54, 1.807) is 6.20 Å². The maximum Gasteiger partial charge on any atom is 0.253 e. The van der Waals surface area contributed by atoms with Crippen LogP contribution in [0.2, 0.25) is 5.15 Å². The monoisotopic (exact) mass is 316 g/mol. The van der Waals surface area contributed by atoms with Gasteiger partial charge in [0, 0.05) is 41.7 Å². The molecule has 3 N–H and O–H groups in total. The summed E-state index contributed by atoms with van der Waals surface area (Å²) in [7, 11) is 0. The fourth-order valence-corrected chi connectivity index (χ4v) is 3.72. The minimum atomic E-state index is -0.0312. The minimum Gasteiger partial charge on any atom is -0.357 e. The van der Waals surface area contributed by atoms with Gasteiger partial charge in [-0.1, -0.05) is 11.6 Å². The fourth-order valence-electron chi connectivity index (χ4n) is 3.54. The molecule has 114 valence electrons. The summed E-state index contributed by atoms with van der Waals surface area (Å²) in [5, 5.41) is 6.94. The molecule has 5 nitrogen and oxygen atoms in total. The Labute approximate surface area is 133 Å². The fraction of sp³-hybridized carbons (Fsp3) is 0.375. The summed E-state index contributed by atoms with van der Waals surface area (Å²) in [6, 6.07) is 5.63. The van der Waals surface area contributed by atoms with E-state index in [9.17, 15) is 4.79 Å². The van der Waals surface area contributed by atoms with Crippen molar-refractivity contribution in [2.75, 3.05) is 19.6 Å². The first-order valence-corrected chi connectivity index (χ1v) is 7.90. The Morgan fingerprint density at radius 3 is 2.95 bits per heavy atom. The Kier molecular flexibility index (Phi) is 3.20. The number of hydrogen-bond donors (Lipinski definition) is 3. The second-order valence-electron chi connectivity index (χ2n) is 6.08. The van der Waals surface area contributed by atoms with Gasteiger partial charge in [0.1, 0.15) is 5.15 Å². The van der Waals surface area contributed by atoms with E-state index in [4.69, 9.17) is 11.6 Å². The molecule has 1 atom stereocenters. The van der Waals surface area contributed by atoms with E-state index in [-0.39, 0.29) is 11.3 Å². The van der Waals surface area contributed by atoms with E-state index in [1.807, 2.05) is 18.2 Å². The number of piperidine rings is 1. The maximum absolute atomic E-state index is 12.2. The Bertz CT molecular complexity index is 733. The summed E-state index contributed by atoms with van der Waals surface area (Å²) in [5.74, 6) is -0.00569. The van der Waals surface area contributed by atoms with Crippen molar-refractivity contribution >= 4 is 17.5 Å². The average molecular weight is 317 g/mol. The first kappa shape index (κ1) is 13.8. The molecule has 1 unspecified atom stereocenters. The topological polar surface area (TPSA) is 69.8 Å². The van der Waals surface area contributed by atoms with E-state index in [2.05, 4.69) is 20.6 Å². The summed E-state index contributed by atoms with van der Waals surface area (Å²) >= 11 is 5.98. The number of aromatic nitrogens is 2. The lowest BCUT2D eigenvalue weighted by molar-refractivity contribution is 0.0915. The smallest absolute Gasteiger partial charge is 0.253 e. The third kappa shape index (κ3) is 2.12. The molecule has 2 aromatic rings. The molecule has 4 heterocycles.